The monoisotopic (exact) mass is 193 g/mol. The molecule has 0 spiro atoms. The molecule has 1 aromatic rings. The van der Waals surface area contributed by atoms with E-state index in [4.69, 9.17) is 5.73 Å². The van der Waals surface area contributed by atoms with E-state index in [1.807, 2.05) is 7.05 Å². The van der Waals surface area contributed by atoms with Crippen LogP contribution in [0, 0.1) is 6.92 Å². The molecule has 78 valence electrons. The Morgan fingerprint density at radius 2 is 1.93 bits per heavy atom. The third-order valence-electron chi connectivity index (χ3n) is 3.35. The molecule has 0 unspecified atom stereocenters. The van der Waals surface area contributed by atoms with Gasteiger partial charge in [0.2, 0.25) is 0 Å². The highest BCUT2D eigenvalue weighted by Crippen LogP contribution is 2.34. The van der Waals surface area contributed by atoms with Crippen molar-refractivity contribution in [2.45, 2.75) is 44.9 Å². The Labute approximate surface area is 85.3 Å². The van der Waals surface area contributed by atoms with Crippen LogP contribution in [0.25, 0.3) is 0 Å². The molecular weight excluding hydrogens is 174 g/mol. The van der Waals surface area contributed by atoms with Crippen molar-refractivity contribution >= 4 is 5.95 Å². The fourth-order valence-corrected chi connectivity index (χ4v) is 2.62. The highest BCUT2D eigenvalue weighted by atomic mass is 15.1. The maximum atomic E-state index is 5.80. The first-order chi connectivity index (χ1) is 6.70. The normalized spacial score (nSPS) is 18.7. The third kappa shape index (κ3) is 1.51. The number of imidazole rings is 1. The lowest BCUT2D eigenvalue weighted by Crippen LogP contribution is -2.11. The van der Waals surface area contributed by atoms with Crippen LogP contribution >= 0.6 is 0 Å². The molecule has 1 saturated carbocycles. The molecule has 1 heterocycles. The van der Waals surface area contributed by atoms with Crippen LogP contribution in [0.3, 0.4) is 0 Å². The lowest BCUT2D eigenvalue weighted by atomic mass is 9.86. The molecule has 3 nitrogen and oxygen atoms in total. The molecule has 1 aromatic heterocycles. The minimum atomic E-state index is 0.656. The quantitative estimate of drug-likeness (QED) is 0.744. The molecule has 0 aromatic carbocycles. The number of rotatable bonds is 1. The zero-order valence-electron chi connectivity index (χ0n) is 9.08. The molecule has 14 heavy (non-hydrogen) atoms. The van der Waals surface area contributed by atoms with E-state index in [-0.39, 0.29) is 0 Å². The van der Waals surface area contributed by atoms with E-state index in [0.717, 1.165) is 5.69 Å². The predicted molar refractivity (Wildman–Crippen MR) is 58.2 cm³/mol. The van der Waals surface area contributed by atoms with Crippen LogP contribution in [0.5, 0.6) is 0 Å². The lowest BCUT2D eigenvalue weighted by molar-refractivity contribution is 0.428. The maximum absolute atomic E-state index is 5.80. The summed E-state index contributed by atoms with van der Waals surface area (Å²) in [6, 6.07) is 0. The van der Waals surface area contributed by atoms with Gasteiger partial charge in [-0.2, -0.15) is 0 Å². The van der Waals surface area contributed by atoms with E-state index in [0.29, 0.717) is 11.9 Å². The highest BCUT2D eigenvalue weighted by molar-refractivity contribution is 5.30. The minimum absolute atomic E-state index is 0.656. The van der Waals surface area contributed by atoms with Crippen LogP contribution in [0.15, 0.2) is 0 Å². The van der Waals surface area contributed by atoms with Crippen molar-refractivity contribution < 1.29 is 0 Å². The van der Waals surface area contributed by atoms with Gasteiger partial charge in [0, 0.05) is 18.7 Å². The van der Waals surface area contributed by atoms with Crippen LogP contribution in [0.4, 0.5) is 5.95 Å². The SMILES string of the molecule is Cc1nc(N)n(C)c1C1CCCCC1. The van der Waals surface area contributed by atoms with Crippen molar-refractivity contribution in [1.82, 2.24) is 9.55 Å². The van der Waals surface area contributed by atoms with E-state index in [1.54, 1.807) is 0 Å². The van der Waals surface area contributed by atoms with E-state index in [9.17, 15) is 0 Å². The Hall–Kier alpha value is -0.990. The summed E-state index contributed by atoms with van der Waals surface area (Å²) in [5.41, 5.74) is 8.29. The summed E-state index contributed by atoms with van der Waals surface area (Å²) >= 11 is 0. The molecule has 2 rings (SSSR count). The molecular formula is C11H19N3. The molecule has 3 heteroatoms. The van der Waals surface area contributed by atoms with Crippen LogP contribution in [-0.2, 0) is 7.05 Å². The largest absolute Gasteiger partial charge is 0.369 e. The topological polar surface area (TPSA) is 43.8 Å². The highest BCUT2D eigenvalue weighted by Gasteiger charge is 2.21. The summed E-state index contributed by atoms with van der Waals surface area (Å²) in [6.45, 7) is 2.07. The standard InChI is InChI=1S/C11H19N3/c1-8-10(14(2)11(12)13-8)9-6-4-3-5-7-9/h9H,3-7H2,1-2H3,(H2,12,13). The minimum Gasteiger partial charge on any atom is -0.369 e. The molecule has 0 aliphatic heterocycles. The van der Waals surface area contributed by atoms with E-state index >= 15 is 0 Å². The Kier molecular flexibility index (Phi) is 2.48. The average molecular weight is 193 g/mol. The second-order valence-electron chi connectivity index (χ2n) is 4.33. The molecule has 0 atom stereocenters. The smallest absolute Gasteiger partial charge is 0.200 e. The Morgan fingerprint density at radius 3 is 2.43 bits per heavy atom. The zero-order valence-corrected chi connectivity index (χ0v) is 9.08. The van der Waals surface area contributed by atoms with E-state index in [1.165, 1.54) is 37.8 Å². The van der Waals surface area contributed by atoms with Crippen LogP contribution in [0.2, 0.25) is 0 Å². The van der Waals surface area contributed by atoms with Gasteiger partial charge in [-0.25, -0.2) is 4.98 Å². The molecule has 2 N–H and O–H groups in total. The fraction of sp³-hybridized carbons (Fsp3) is 0.727. The second-order valence-corrected chi connectivity index (χ2v) is 4.33. The van der Waals surface area contributed by atoms with Gasteiger partial charge < -0.3 is 10.3 Å². The molecule has 0 bridgehead atoms. The molecule has 0 amide bonds. The van der Waals surface area contributed by atoms with Crippen molar-refractivity contribution in [2.75, 3.05) is 5.73 Å². The summed E-state index contributed by atoms with van der Waals surface area (Å²) in [5.74, 6) is 1.35. The maximum Gasteiger partial charge on any atom is 0.200 e. The second kappa shape index (κ2) is 3.64. The number of nitrogens with zero attached hydrogens (tertiary/aromatic N) is 2. The summed E-state index contributed by atoms with van der Waals surface area (Å²) < 4.78 is 2.06. The predicted octanol–water partition coefficient (Wildman–Crippen LogP) is 2.36. The number of hydrogen-bond donors (Lipinski definition) is 1. The van der Waals surface area contributed by atoms with Crippen molar-refractivity contribution in [3.8, 4) is 0 Å². The van der Waals surface area contributed by atoms with Gasteiger partial charge in [0.25, 0.3) is 0 Å². The van der Waals surface area contributed by atoms with Gasteiger partial charge in [-0.1, -0.05) is 19.3 Å². The number of aryl methyl sites for hydroxylation is 1. The number of nitrogens with two attached hydrogens (primary N) is 1. The first kappa shape index (κ1) is 9.56. The molecule has 0 saturated heterocycles. The van der Waals surface area contributed by atoms with Gasteiger partial charge in [0.1, 0.15) is 0 Å². The van der Waals surface area contributed by atoms with Gasteiger partial charge in [-0.3, -0.25) is 0 Å². The van der Waals surface area contributed by atoms with Gasteiger partial charge >= 0.3 is 0 Å². The summed E-state index contributed by atoms with van der Waals surface area (Å²) in [4.78, 5) is 4.33. The Morgan fingerprint density at radius 1 is 1.29 bits per heavy atom. The molecule has 1 aliphatic rings. The Bertz CT molecular complexity index is 322. The van der Waals surface area contributed by atoms with Crippen LogP contribution in [0.1, 0.15) is 49.4 Å². The van der Waals surface area contributed by atoms with Gasteiger partial charge in [-0.15, -0.1) is 0 Å². The van der Waals surface area contributed by atoms with Gasteiger partial charge in [0.05, 0.1) is 5.69 Å². The van der Waals surface area contributed by atoms with Crippen molar-refractivity contribution in [3.05, 3.63) is 11.4 Å². The molecule has 1 fully saturated rings. The fourth-order valence-electron chi connectivity index (χ4n) is 2.62. The first-order valence-electron chi connectivity index (χ1n) is 5.49. The number of anilines is 1. The van der Waals surface area contributed by atoms with Crippen LogP contribution < -0.4 is 5.73 Å². The average Bonchev–Trinajstić information content (AvgIpc) is 2.43. The Balaban J connectivity index is 2.29. The van der Waals surface area contributed by atoms with E-state index in [2.05, 4.69) is 16.5 Å². The summed E-state index contributed by atoms with van der Waals surface area (Å²) in [7, 11) is 2.03. The molecule has 1 aliphatic carbocycles. The third-order valence-corrected chi connectivity index (χ3v) is 3.35. The number of nitrogen functional groups attached to an aromatic ring is 1. The molecule has 0 radical (unpaired) electrons. The summed E-state index contributed by atoms with van der Waals surface area (Å²) in [5, 5.41) is 0. The van der Waals surface area contributed by atoms with Gasteiger partial charge in [-0.05, 0) is 19.8 Å². The van der Waals surface area contributed by atoms with Crippen molar-refractivity contribution in [2.24, 2.45) is 7.05 Å². The lowest BCUT2D eigenvalue weighted by Gasteiger charge is -2.22. The first-order valence-corrected chi connectivity index (χ1v) is 5.49. The van der Waals surface area contributed by atoms with E-state index < -0.39 is 0 Å². The number of hydrogen-bond acceptors (Lipinski definition) is 2. The van der Waals surface area contributed by atoms with Crippen molar-refractivity contribution in [3.63, 3.8) is 0 Å². The zero-order chi connectivity index (χ0) is 10.1. The number of aromatic nitrogens is 2. The summed E-state index contributed by atoms with van der Waals surface area (Å²) in [6.07, 6.45) is 6.72. The van der Waals surface area contributed by atoms with Crippen molar-refractivity contribution in [1.29, 1.82) is 0 Å². The van der Waals surface area contributed by atoms with Gasteiger partial charge in [0.15, 0.2) is 5.95 Å². The van der Waals surface area contributed by atoms with Crippen LogP contribution in [-0.4, -0.2) is 9.55 Å².